The molecule has 2 rings (SSSR count). The maximum Gasteiger partial charge on any atom is 0.239 e. The van der Waals surface area contributed by atoms with E-state index in [1.165, 1.54) is 24.3 Å². The van der Waals surface area contributed by atoms with Gasteiger partial charge in [0, 0.05) is 5.69 Å². The number of benzene rings is 2. The third kappa shape index (κ3) is 3.39. The maximum absolute atomic E-state index is 13.0. The average Bonchev–Trinajstić information content (AvgIpc) is 2.45. The molecule has 8 heteroatoms. The zero-order chi connectivity index (χ0) is 17.4. The van der Waals surface area contributed by atoms with Crippen molar-refractivity contribution in [1.29, 1.82) is 0 Å². The largest absolute Gasteiger partial charge is 0.399 e. The number of nitrogen functional groups attached to an aromatic ring is 1. The Bertz CT molecular complexity index is 965. The van der Waals surface area contributed by atoms with Crippen LogP contribution >= 0.6 is 0 Å². The molecule has 0 amide bonds. The molecule has 0 aliphatic carbocycles. The normalized spacial score (nSPS) is 12.3. The van der Waals surface area contributed by atoms with Gasteiger partial charge in [-0.05, 0) is 48.7 Å². The second kappa shape index (κ2) is 5.95. The average molecular weight is 354 g/mol. The summed E-state index contributed by atoms with van der Waals surface area (Å²) < 4.78 is 49.5. The molecule has 0 aromatic heterocycles. The molecular formula is C15H18N2O4S2. The summed E-state index contributed by atoms with van der Waals surface area (Å²) in [6.45, 7) is 3.48. The first-order valence-electron chi connectivity index (χ1n) is 6.84. The van der Waals surface area contributed by atoms with Gasteiger partial charge in [-0.2, -0.15) is 0 Å². The van der Waals surface area contributed by atoms with Crippen molar-refractivity contribution in [2.75, 3.05) is 5.73 Å². The summed E-state index contributed by atoms with van der Waals surface area (Å²) in [5.41, 5.74) is 7.15. The minimum Gasteiger partial charge on any atom is -0.399 e. The van der Waals surface area contributed by atoms with E-state index in [9.17, 15) is 16.8 Å². The molecule has 23 heavy (non-hydrogen) atoms. The van der Waals surface area contributed by atoms with Crippen LogP contribution in [0.4, 0.5) is 5.69 Å². The molecule has 0 bridgehead atoms. The van der Waals surface area contributed by atoms with Crippen LogP contribution in [0.25, 0.3) is 0 Å². The standard InChI is InChI=1S/C15H18N2O4S2/c1-3-11-5-6-12(16)9-14(11)22(18,19)15-8-10(2)4-7-13(15)23(17,20)21/h4-9H,3,16H2,1-2H3,(H2,17,20,21). The Balaban J connectivity index is 2.86. The molecule has 124 valence electrons. The fourth-order valence-electron chi connectivity index (χ4n) is 2.29. The molecule has 0 aliphatic heterocycles. The predicted molar refractivity (Wildman–Crippen MR) is 88.2 cm³/mol. The third-order valence-electron chi connectivity index (χ3n) is 3.46. The van der Waals surface area contributed by atoms with Crippen molar-refractivity contribution < 1.29 is 16.8 Å². The number of sulfonamides is 1. The van der Waals surface area contributed by atoms with E-state index in [0.717, 1.165) is 0 Å². The van der Waals surface area contributed by atoms with Crippen molar-refractivity contribution in [3.63, 3.8) is 0 Å². The molecule has 0 fully saturated rings. The molecule has 0 heterocycles. The topological polar surface area (TPSA) is 120 Å². The lowest BCUT2D eigenvalue weighted by Crippen LogP contribution is -2.17. The molecule has 4 N–H and O–H groups in total. The summed E-state index contributed by atoms with van der Waals surface area (Å²) in [4.78, 5) is -0.761. The number of hydrogen-bond acceptors (Lipinski definition) is 5. The van der Waals surface area contributed by atoms with E-state index >= 15 is 0 Å². The van der Waals surface area contributed by atoms with Gasteiger partial charge in [0.2, 0.25) is 19.9 Å². The molecular weight excluding hydrogens is 336 g/mol. The van der Waals surface area contributed by atoms with Crippen molar-refractivity contribution in [3.05, 3.63) is 47.5 Å². The summed E-state index contributed by atoms with van der Waals surface area (Å²) in [6.07, 6.45) is 0.464. The van der Waals surface area contributed by atoms with Crippen LogP contribution in [0.3, 0.4) is 0 Å². The SMILES string of the molecule is CCc1ccc(N)cc1S(=O)(=O)c1cc(C)ccc1S(N)(=O)=O. The maximum atomic E-state index is 13.0. The minimum atomic E-state index is -4.18. The Labute approximate surface area is 136 Å². The zero-order valence-corrected chi connectivity index (χ0v) is 14.4. The molecule has 2 aromatic rings. The first kappa shape index (κ1) is 17.5. The predicted octanol–water partition coefficient (Wildman–Crippen LogP) is 1.62. The lowest BCUT2D eigenvalue weighted by Gasteiger charge is -2.13. The second-order valence-corrected chi connectivity index (χ2v) is 8.64. The van der Waals surface area contributed by atoms with Gasteiger partial charge in [-0.1, -0.05) is 19.1 Å². The molecule has 0 saturated carbocycles. The number of nitrogens with two attached hydrogens (primary N) is 2. The van der Waals surface area contributed by atoms with Crippen LogP contribution in [-0.2, 0) is 26.3 Å². The van der Waals surface area contributed by atoms with Crippen LogP contribution in [0.5, 0.6) is 0 Å². The number of sulfone groups is 1. The number of primary sulfonamides is 1. The number of anilines is 1. The van der Waals surface area contributed by atoms with E-state index in [1.807, 2.05) is 0 Å². The quantitative estimate of drug-likeness (QED) is 0.808. The Kier molecular flexibility index (Phi) is 4.52. The van der Waals surface area contributed by atoms with Crippen molar-refractivity contribution in [2.24, 2.45) is 5.14 Å². The van der Waals surface area contributed by atoms with Crippen LogP contribution in [0.2, 0.25) is 0 Å². The highest BCUT2D eigenvalue weighted by Crippen LogP contribution is 2.31. The molecule has 0 unspecified atom stereocenters. The Hall–Kier alpha value is -1.90. The van der Waals surface area contributed by atoms with Gasteiger partial charge in [-0.25, -0.2) is 22.0 Å². The summed E-state index contributed by atoms with van der Waals surface area (Å²) in [5, 5.41) is 5.17. The van der Waals surface area contributed by atoms with E-state index in [-0.39, 0.29) is 15.5 Å². The highest BCUT2D eigenvalue weighted by atomic mass is 32.2. The smallest absolute Gasteiger partial charge is 0.239 e. The highest BCUT2D eigenvalue weighted by molar-refractivity contribution is 7.93. The van der Waals surface area contributed by atoms with Crippen LogP contribution in [0.1, 0.15) is 18.1 Å². The lowest BCUT2D eigenvalue weighted by atomic mass is 10.1. The Morgan fingerprint density at radius 1 is 0.913 bits per heavy atom. The molecule has 0 saturated heterocycles. The van der Waals surface area contributed by atoms with E-state index in [0.29, 0.717) is 17.5 Å². The van der Waals surface area contributed by atoms with Crippen LogP contribution in [0.15, 0.2) is 51.1 Å². The number of hydrogen-bond donors (Lipinski definition) is 2. The zero-order valence-electron chi connectivity index (χ0n) is 12.8. The van der Waals surface area contributed by atoms with E-state index in [2.05, 4.69) is 0 Å². The van der Waals surface area contributed by atoms with Crippen molar-refractivity contribution in [3.8, 4) is 0 Å². The summed E-state index contributed by atoms with van der Waals surface area (Å²) in [6, 6.07) is 8.57. The lowest BCUT2D eigenvalue weighted by molar-refractivity contribution is 0.582. The fourth-order valence-corrected chi connectivity index (χ4v) is 5.33. The molecule has 0 atom stereocenters. The van der Waals surface area contributed by atoms with Gasteiger partial charge in [0.1, 0.15) is 4.90 Å². The van der Waals surface area contributed by atoms with Crippen molar-refractivity contribution >= 4 is 25.5 Å². The van der Waals surface area contributed by atoms with Gasteiger partial charge in [-0.3, -0.25) is 0 Å². The Morgan fingerprint density at radius 3 is 2.13 bits per heavy atom. The van der Waals surface area contributed by atoms with Crippen molar-refractivity contribution in [2.45, 2.75) is 35.0 Å². The van der Waals surface area contributed by atoms with Crippen LogP contribution in [-0.4, -0.2) is 16.8 Å². The van der Waals surface area contributed by atoms with Gasteiger partial charge in [0.25, 0.3) is 0 Å². The van der Waals surface area contributed by atoms with Crippen LogP contribution in [0, 0.1) is 6.92 Å². The first-order valence-corrected chi connectivity index (χ1v) is 9.87. The molecule has 0 spiro atoms. The summed E-state index contributed by atoms with van der Waals surface area (Å²) >= 11 is 0. The third-order valence-corrected chi connectivity index (χ3v) is 6.43. The molecule has 0 aliphatic rings. The van der Waals surface area contributed by atoms with Crippen LogP contribution < -0.4 is 10.9 Å². The molecule has 0 radical (unpaired) electrons. The van der Waals surface area contributed by atoms with Gasteiger partial charge in [-0.15, -0.1) is 0 Å². The monoisotopic (exact) mass is 354 g/mol. The van der Waals surface area contributed by atoms with E-state index in [4.69, 9.17) is 10.9 Å². The summed E-state index contributed by atoms with van der Waals surface area (Å²) in [5.74, 6) is 0. The molecule has 6 nitrogen and oxygen atoms in total. The highest BCUT2D eigenvalue weighted by Gasteiger charge is 2.28. The minimum absolute atomic E-state index is 0.00417. The van der Waals surface area contributed by atoms with Gasteiger partial charge >= 0.3 is 0 Å². The summed E-state index contributed by atoms with van der Waals surface area (Å²) in [7, 11) is -8.26. The number of rotatable bonds is 4. The molecule has 2 aromatic carbocycles. The fraction of sp³-hybridized carbons (Fsp3) is 0.200. The van der Waals surface area contributed by atoms with Gasteiger partial charge in [0.15, 0.2) is 0 Å². The number of aryl methyl sites for hydroxylation is 2. The van der Waals surface area contributed by atoms with E-state index < -0.39 is 24.8 Å². The van der Waals surface area contributed by atoms with Gasteiger partial charge in [0.05, 0.1) is 9.79 Å². The first-order chi connectivity index (χ1) is 10.6. The van der Waals surface area contributed by atoms with E-state index in [1.54, 1.807) is 26.0 Å². The van der Waals surface area contributed by atoms with Crippen molar-refractivity contribution in [1.82, 2.24) is 0 Å². The Morgan fingerprint density at radius 2 is 1.57 bits per heavy atom. The second-order valence-electron chi connectivity index (χ2n) is 5.22. The van der Waals surface area contributed by atoms with Gasteiger partial charge < -0.3 is 5.73 Å².